The molecule has 0 aliphatic heterocycles. The van der Waals surface area contributed by atoms with E-state index in [1.807, 2.05) is 30.3 Å². The van der Waals surface area contributed by atoms with Gasteiger partial charge >= 0.3 is 6.09 Å². The molecule has 2 N–H and O–H groups in total. The Morgan fingerprint density at radius 1 is 1.35 bits per heavy atom. The van der Waals surface area contributed by atoms with Crippen molar-refractivity contribution >= 4 is 17.7 Å². The minimum atomic E-state index is -0.829. The molecule has 0 saturated heterocycles. The number of amides is 1. The Balaban J connectivity index is 2.68. The van der Waals surface area contributed by atoms with Crippen LogP contribution in [0.5, 0.6) is 0 Å². The van der Waals surface area contributed by atoms with Crippen LogP contribution >= 0.6 is 11.6 Å². The maximum Gasteiger partial charge on any atom is 0.407 e. The van der Waals surface area contributed by atoms with Crippen LogP contribution in [0.25, 0.3) is 0 Å². The molecule has 0 saturated carbocycles. The molecule has 2 atom stereocenters. The summed E-state index contributed by atoms with van der Waals surface area (Å²) in [5, 5.41) is 12.6. The van der Waals surface area contributed by atoms with Gasteiger partial charge in [-0.3, -0.25) is 0 Å². The van der Waals surface area contributed by atoms with Crippen molar-refractivity contribution in [2.75, 3.05) is 5.88 Å². The summed E-state index contributed by atoms with van der Waals surface area (Å²) in [5.41, 5.74) is 0.436. The first-order valence-electron chi connectivity index (χ1n) is 6.59. The van der Waals surface area contributed by atoms with Crippen LogP contribution in [0.3, 0.4) is 0 Å². The Morgan fingerprint density at radius 2 is 1.95 bits per heavy atom. The van der Waals surface area contributed by atoms with Crippen LogP contribution < -0.4 is 5.32 Å². The largest absolute Gasteiger partial charge is 0.444 e. The molecule has 1 amide bonds. The highest BCUT2D eigenvalue weighted by molar-refractivity contribution is 6.18. The van der Waals surface area contributed by atoms with Crippen LogP contribution in [0.1, 0.15) is 26.3 Å². The smallest absolute Gasteiger partial charge is 0.407 e. The number of rotatable bonds is 5. The van der Waals surface area contributed by atoms with Crippen molar-refractivity contribution in [1.29, 1.82) is 0 Å². The number of benzene rings is 1. The molecule has 112 valence electrons. The third kappa shape index (κ3) is 6.26. The van der Waals surface area contributed by atoms with Gasteiger partial charge in [0.1, 0.15) is 5.60 Å². The lowest BCUT2D eigenvalue weighted by Gasteiger charge is -2.26. The van der Waals surface area contributed by atoms with E-state index in [-0.39, 0.29) is 5.88 Å². The average Bonchev–Trinajstić information content (AvgIpc) is 2.36. The van der Waals surface area contributed by atoms with Crippen molar-refractivity contribution in [1.82, 2.24) is 5.32 Å². The van der Waals surface area contributed by atoms with E-state index in [1.165, 1.54) is 0 Å². The number of alkyl carbamates (subject to hydrolysis) is 1. The number of carbonyl (C=O) groups is 1. The second-order valence-corrected chi connectivity index (χ2v) is 5.97. The van der Waals surface area contributed by atoms with Crippen molar-refractivity contribution in [3.05, 3.63) is 35.9 Å². The molecular weight excluding hydrogens is 278 g/mol. The van der Waals surface area contributed by atoms with Gasteiger partial charge in [-0.1, -0.05) is 30.3 Å². The van der Waals surface area contributed by atoms with Gasteiger partial charge in [-0.05, 0) is 32.8 Å². The SMILES string of the molecule is CC(C)(C)OC(=O)NC(Cc1ccccc1)[C@H](O)CCl. The molecule has 1 rings (SSSR count). The summed E-state index contributed by atoms with van der Waals surface area (Å²) >= 11 is 5.69. The lowest BCUT2D eigenvalue weighted by Crippen LogP contribution is -2.47. The highest BCUT2D eigenvalue weighted by Gasteiger charge is 2.24. The lowest BCUT2D eigenvalue weighted by molar-refractivity contribution is 0.0440. The monoisotopic (exact) mass is 299 g/mol. The number of alkyl halides is 1. The summed E-state index contributed by atoms with van der Waals surface area (Å²) < 4.78 is 5.20. The van der Waals surface area contributed by atoms with Crippen LogP contribution in [0, 0.1) is 0 Å². The van der Waals surface area contributed by atoms with E-state index in [4.69, 9.17) is 16.3 Å². The van der Waals surface area contributed by atoms with E-state index in [9.17, 15) is 9.90 Å². The Morgan fingerprint density at radius 3 is 2.45 bits per heavy atom. The normalized spacial score (nSPS) is 14.4. The minimum Gasteiger partial charge on any atom is -0.444 e. The first-order valence-corrected chi connectivity index (χ1v) is 7.13. The summed E-state index contributed by atoms with van der Waals surface area (Å²) in [7, 11) is 0. The first kappa shape index (κ1) is 16.8. The molecule has 0 bridgehead atoms. The van der Waals surface area contributed by atoms with E-state index in [0.717, 1.165) is 5.56 Å². The van der Waals surface area contributed by atoms with Crippen LogP contribution in [0.2, 0.25) is 0 Å². The summed E-state index contributed by atoms with van der Waals surface area (Å²) in [6.45, 7) is 5.37. The maximum absolute atomic E-state index is 11.8. The van der Waals surface area contributed by atoms with Crippen molar-refractivity contribution in [3.63, 3.8) is 0 Å². The first-order chi connectivity index (χ1) is 9.31. The van der Waals surface area contributed by atoms with Crippen LogP contribution in [-0.4, -0.2) is 34.8 Å². The number of hydrogen-bond donors (Lipinski definition) is 2. The standard InChI is InChI=1S/C15H22ClNO3/c1-15(2,3)20-14(19)17-12(13(18)10-16)9-11-7-5-4-6-8-11/h4-8,12-13,18H,9-10H2,1-3H3,(H,17,19)/t12?,13-/m1/s1. The van der Waals surface area contributed by atoms with Crippen molar-refractivity contribution in [2.24, 2.45) is 0 Å². The second-order valence-electron chi connectivity index (χ2n) is 5.66. The molecule has 0 aliphatic rings. The summed E-state index contributed by atoms with van der Waals surface area (Å²) in [4.78, 5) is 11.8. The molecular formula is C15H22ClNO3. The molecule has 4 nitrogen and oxygen atoms in total. The van der Waals surface area contributed by atoms with Gasteiger partial charge in [0.05, 0.1) is 18.0 Å². The minimum absolute atomic E-state index is 0.0489. The molecule has 0 heterocycles. The molecule has 1 aromatic rings. The number of aliphatic hydroxyl groups is 1. The van der Waals surface area contributed by atoms with Crippen LogP contribution in [0.15, 0.2) is 30.3 Å². The van der Waals surface area contributed by atoms with Crippen molar-refractivity contribution in [2.45, 2.75) is 44.9 Å². The fourth-order valence-electron chi connectivity index (χ4n) is 1.72. The van der Waals surface area contributed by atoms with Crippen molar-refractivity contribution < 1.29 is 14.6 Å². The number of ether oxygens (including phenoxy) is 1. The van der Waals surface area contributed by atoms with Crippen LogP contribution in [-0.2, 0) is 11.2 Å². The fraction of sp³-hybridized carbons (Fsp3) is 0.533. The third-order valence-corrected chi connectivity index (χ3v) is 2.94. The summed E-state index contributed by atoms with van der Waals surface area (Å²) in [6, 6.07) is 9.12. The lowest BCUT2D eigenvalue weighted by atomic mass is 10.0. The predicted molar refractivity (Wildman–Crippen MR) is 80.0 cm³/mol. The predicted octanol–water partition coefficient (Wildman–Crippen LogP) is 2.72. The number of hydrogen-bond acceptors (Lipinski definition) is 3. The Bertz CT molecular complexity index is 417. The Labute approximate surface area is 125 Å². The topological polar surface area (TPSA) is 58.6 Å². The number of aliphatic hydroxyl groups excluding tert-OH is 1. The van der Waals surface area contributed by atoms with E-state index in [2.05, 4.69) is 5.32 Å². The van der Waals surface area contributed by atoms with E-state index >= 15 is 0 Å². The quantitative estimate of drug-likeness (QED) is 0.822. The van der Waals surface area contributed by atoms with Gasteiger partial charge in [-0.15, -0.1) is 11.6 Å². The zero-order valence-electron chi connectivity index (χ0n) is 12.1. The number of halogens is 1. The number of carbonyl (C=O) groups excluding carboxylic acids is 1. The Hall–Kier alpha value is -1.26. The van der Waals surface area contributed by atoms with Gasteiger partial charge in [0, 0.05) is 0 Å². The molecule has 0 spiro atoms. The van der Waals surface area contributed by atoms with Gasteiger partial charge < -0.3 is 15.2 Å². The molecule has 20 heavy (non-hydrogen) atoms. The molecule has 1 unspecified atom stereocenters. The zero-order chi connectivity index (χ0) is 15.2. The molecule has 0 aromatic heterocycles. The van der Waals surface area contributed by atoms with E-state index in [1.54, 1.807) is 20.8 Å². The summed E-state index contributed by atoms with van der Waals surface area (Å²) in [6.07, 6.45) is -0.888. The Kier molecular flexibility index (Phi) is 6.30. The average molecular weight is 300 g/mol. The van der Waals surface area contributed by atoms with Crippen LogP contribution in [0.4, 0.5) is 4.79 Å². The van der Waals surface area contributed by atoms with Gasteiger partial charge in [0.25, 0.3) is 0 Å². The summed E-state index contributed by atoms with van der Waals surface area (Å²) in [5.74, 6) is 0.0489. The molecule has 1 aromatic carbocycles. The van der Waals surface area contributed by atoms with Gasteiger partial charge in [-0.25, -0.2) is 4.79 Å². The molecule has 0 fully saturated rings. The van der Waals surface area contributed by atoms with E-state index in [0.29, 0.717) is 6.42 Å². The highest BCUT2D eigenvalue weighted by Crippen LogP contribution is 2.10. The van der Waals surface area contributed by atoms with Gasteiger partial charge in [0.15, 0.2) is 0 Å². The second kappa shape index (κ2) is 7.50. The third-order valence-electron chi connectivity index (χ3n) is 2.62. The molecule has 0 aliphatic carbocycles. The van der Waals surface area contributed by atoms with Crippen molar-refractivity contribution in [3.8, 4) is 0 Å². The molecule has 0 radical (unpaired) electrons. The fourth-order valence-corrected chi connectivity index (χ4v) is 1.93. The molecule has 5 heteroatoms. The number of nitrogens with one attached hydrogen (secondary N) is 1. The maximum atomic E-state index is 11.8. The highest BCUT2D eigenvalue weighted by atomic mass is 35.5. The van der Waals surface area contributed by atoms with Gasteiger partial charge in [0.2, 0.25) is 0 Å². The zero-order valence-corrected chi connectivity index (χ0v) is 12.9. The van der Waals surface area contributed by atoms with Gasteiger partial charge in [-0.2, -0.15) is 0 Å². The van der Waals surface area contributed by atoms with E-state index < -0.39 is 23.8 Å².